The van der Waals surface area contributed by atoms with Crippen LogP contribution in [0.3, 0.4) is 0 Å². The van der Waals surface area contributed by atoms with Crippen molar-refractivity contribution in [2.24, 2.45) is 0 Å². The summed E-state index contributed by atoms with van der Waals surface area (Å²) in [5, 5.41) is 13.8. The van der Waals surface area contributed by atoms with Crippen molar-refractivity contribution in [3.63, 3.8) is 0 Å². The maximum Gasteiger partial charge on any atom is 0.352 e. The molecule has 21 heavy (non-hydrogen) atoms. The van der Waals surface area contributed by atoms with Gasteiger partial charge in [-0.15, -0.1) is 23.1 Å². The van der Waals surface area contributed by atoms with Crippen molar-refractivity contribution in [2.45, 2.75) is 17.8 Å². The number of amides is 2. The van der Waals surface area contributed by atoms with Crippen molar-refractivity contribution in [2.75, 3.05) is 5.75 Å². The molecule has 3 rings (SSSR count). The lowest BCUT2D eigenvalue weighted by Crippen LogP contribution is -2.70. The van der Waals surface area contributed by atoms with E-state index < -0.39 is 12.0 Å². The fourth-order valence-corrected chi connectivity index (χ4v) is 4.05. The van der Waals surface area contributed by atoms with Gasteiger partial charge in [0.15, 0.2) is 0 Å². The third-order valence-corrected chi connectivity index (χ3v) is 5.14. The summed E-state index contributed by atoms with van der Waals surface area (Å²) >= 11 is 2.81. The predicted octanol–water partition coefficient (Wildman–Crippen LogP) is 0.0540. The molecule has 2 atom stereocenters. The molecular formula is C12H11N3O4S2. The molecular weight excluding hydrogens is 314 g/mol. The van der Waals surface area contributed by atoms with E-state index in [-0.39, 0.29) is 29.3 Å². The molecule has 1 aromatic heterocycles. The van der Waals surface area contributed by atoms with Gasteiger partial charge in [0.1, 0.15) is 22.1 Å². The Kier molecular flexibility index (Phi) is 3.68. The van der Waals surface area contributed by atoms with Crippen LogP contribution in [0.2, 0.25) is 0 Å². The smallest absolute Gasteiger partial charge is 0.352 e. The van der Waals surface area contributed by atoms with Crippen LogP contribution < -0.4 is 5.32 Å². The number of nitrogens with one attached hydrogen (secondary N) is 1. The molecule has 2 N–H and O–H groups in total. The van der Waals surface area contributed by atoms with Crippen LogP contribution in [0.5, 0.6) is 0 Å². The van der Waals surface area contributed by atoms with Crippen molar-refractivity contribution in [3.05, 3.63) is 28.4 Å². The second-order valence-corrected chi connectivity index (χ2v) is 6.60. The molecule has 0 radical (unpaired) electrons. The van der Waals surface area contributed by atoms with Crippen molar-refractivity contribution in [1.82, 2.24) is 15.2 Å². The number of carboxylic acid groups (broad SMARTS) is 1. The number of nitrogens with zero attached hydrogens (tertiary/aromatic N) is 2. The van der Waals surface area contributed by atoms with E-state index in [1.54, 1.807) is 11.6 Å². The Morgan fingerprint density at radius 1 is 1.52 bits per heavy atom. The number of hydrogen-bond donors (Lipinski definition) is 2. The maximum absolute atomic E-state index is 12.0. The van der Waals surface area contributed by atoms with Crippen LogP contribution in [0.1, 0.15) is 5.01 Å². The molecule has 3 heterocycles. The van der Waals surface area contributed by atoms with E-state index >= 15 is 0 Å². The van der Waals surface area contributed by atoms with E-state index in [4.69, 9.17) is 5.11 Å². The minimum Gasteiger partial charge on any atom is -0.477 e. The van der Waals surface area contributed by atoms with Gasteiger partial charge >= 0.3 is 5.97 Å². The maximum atomic E-state index is 12.0. The highest BCUT2D eigenvalue weighted by Gasteiger charge is 2.52. The van der Waals surface area contributed by atoms with E-state index in [9.17, 15) is 14.4 Å². The zero-order valence-electron chi connectivity index (χ0n) is 10.7. The summed E-state index contributed by atoms with van der Waals surface area (Å²) in [6, 6.07) is -0.662. The Labute approximate surface area is 128 Å². The molecule has 0 saturated carbocycles. The molecule has 0 bridgehead atoms. The molecule has 9 heteroatoms. The fraction of sp³-hybridized carbons (Fsp3) is 0.333. The van der Waals surface area contributed by atoms with Gasteiger partial charge < -0.3 is 10.4 Å². The molecule has 2 amide bonds. The van der Waals surface area contributed by atoms with Crippen LogP contribution in [0, 0.1) is 0 Å². The number of hydrogen-bond acceptors (Lipinski definition) is 6. The van der Waals surface area contributed by atoms with Crippen LogP contribution in [0.4, 0.5) is 0 Å². The Balaban J connectivity index is 1.64. The zero-order chi connectivity index (χ0) is 15.0. The molecule has 0 spiro atoms. The fourth-order valence-electron chi connectivity index (χ4n) is 2.24. The van der Waals surface area contributed by atoms with E-state index in [0.717, 1.165) is 0 Å². The van der Waals surface area contributed by atoms with Crippen molar-refractivity contribution >= 4 is 40.9 Å². The van der Waals surface area contributed by atoms with E-state index in [1.165, 1.54) is 34.1 Å². The minimum absolute atomic E-state index is 0.00540. The first kappa shape index (κ1) is 14.1. The van der Waals surface area contributed by atoms with E-state index in [1.807, 2.05) is 0 Å². The third kappa shape index (κ3) is 2.54. The van der Waals surface area contributed by atoms with Crippen LogP contribution in [-0.2, 0) is 20.8 Å². The summed E-state index contributed by atoms with van der Waals surface area (Å²) in [5.74, 6) is -1.28. The second-order valence-electron chi connectivity index (χ2n) is 4.47. The van der Waals surface area contributed by atoms with Gasteiger partial charge in [0.05, 0.1) is 6.42 Å². The van der Waals surface area contributed by atoms with E-state index in [0.29, 0.717) is 10.8 Å². The number of thioether (sulfide) groups is 1. The number of thiazole rings is 1. The van der Waals surface area contributed by atoms with Gasteiger partial charge in [-0.2, -0.15) is 0 Å². The van der Waals surface area contributed by atoms with Crippen LogP contribution in [-0.4, -0.2) is 49.9 Å². The summed E-state index contributed by atoms with van der Waals surface area (Å²) in [6.07, 6.45) is 3.25. The Hall–Kier alpha value is -1.87. The number of fused-ring (bicyclic) bond motifs is 1. The zero-order valence-corrected chi connectivity index (χ0v) is 12.3. The lowest BCUT2D eigenvalue weighted by molar-refractivity contribution is -0.150. The SMILES string of the molecule is O=C(Cc1nccs1)NC1C(=O)N2C(C(=O)O)=CCS[C@H]12. The van der Waals surface area contributed by atoms with Gasteiger partial charge in [-0.25, -0.2) is 9.78 Å². The quantitative estimate of drug-likeness (QED) is 0.759. The summed E-state index contributed by atoms with van der Waals surface area (Å²) < 4.78 is 0. The Morgan fingerprint density at radius 2 is 2.33 bits per heavy atom. The highest BCUT2D eigenvalue weighted by molar-refractivity contribution is 8.00. The molecule has 110 valence electrons. The normalized spacial score (nSPS) is 23.9. The Bertz CT molecular complexity index is 628. The molecule has 1 unspecified atom stereocenters. The Morgan fingerprint density at radius 3 is 3.00 bits per heavy atom. The largest absolute Gasteiger partial charge is 0.477 e. The first-order chi connectivity index (χ1) is 10.1. The highest BCUT2D eigenvalue weighted by atomic mass is 32.2. The molecule has 0 aliphatic carbocycles. The first-order valence-electron chi connectivity index (χ1n) is 6.14. The topological polar surface area (TPSA) is 99.6 Å². The summed E-state index contributed by atoms with van der Waals surface area (Å²) in [7, 11) is 0. The number of aromatic nitrogens is 1. The number of carbonyl (C=O) groups excluding carboxylic acids is 2. The van der Waals surface area contributed by atoms with Crippen LogP contribution in [0.25, 0.3) is 0 Å². The van der Waals surface area contributed by atoms with Gasteiger partial charge in [0.2, 0.25) is 5.91 Å². The molecule has 2 aliphatic heterocycles. The summed E-state index contributed by atoms with van der Waals surface area (Å²) in [5.41, 5.74) is -0.00540. The average Bonchev–Trinajstić information content (AvgIpc) is 2.96. The molecule has 0 aromatic carbocycles. The lowest BCUT2D eigenvalue weighted by Gasteiger charge is -2.48. The van der Waals surface area contributed by atoms with Crippen molar-refractivity contribution in [1.29, 1.82) is 0 Å². The number of aliphatic carboxylic acids is 1. The molecule has 2 aliphatic rings. The monoisotopic (exact) mass is 325 g/mol. The summed E-state index contributed by atoms with van der Waals surface area (Å²) in [4.78, 5) is 40.2. The summed E-state index contributed by atoms with van der Waals surface area (Å²) in [6.45, 7) is 0. The standard InChI is InChI=1S/C12H11N3O4S2/c16-7(5-8-13-2-4-20-8)14-9-10(17)15-6(12(18)19)1-3-21-11(9)15/h1-2,4,9,11H,3,5H2,(H,14,16)(H,18,19)/t9?,11-/m1/s1. The first-order valence-corrected chi connectivity index (χ1v) is 8.06. The molecule has 1 fully saturated rings. The lowest BCUT2D eigenvalue weighted by atomic mass is 10.0. The minimum atomic E-state index is -1.12. The molecule has 1 aromatic rings. The number of carboxylic acids is 1. The van der Waals surface area contributed by atoms with Gasteiger partial charge in [-0.1, -0.05) is 0 Å². The predicted molar refractivity (Wildman–Crippen MR) is 76.6 cm³/mol. The van der Waals surface area contributed by atoms with Crippen LogP contribution in [0.15, 0.2) is 23.3 Å². The highest BCUT2D eigenvalue weighted by Crippen LogP contribution is 2.37. The van der Waals surface area contributed by atoms with Gasteiger partial charge in [-0.3, -0.25) is 14.5 Å². The van der Waals surface area contributed by atoms with E-state index in [2.05, 4.69) is 10.3 Å². The van der Waals surface area contributed by atoms with Gasteiger partial charge in [-0.05, 0) is 6.08 Å². The van der Waals surface area contributed by atoms with Crippen LogP contribution >= 0.6 is 23.1 Å². The number of β-lactam (4-membered cyclic amide) rings is 1. The molecule has 1 saturated heterocycles. The number of carbonyl (C=O) groups is 3. The number of rotatable bonds is 4. The van der Waals surface area contributed by atoms with Gasteiger partial charge in [0.25, 0.3) is 5.91 Å². The second kappa shape index (κ2) is 5.49. The van der Waals surface area contributed by atoms with Gasteiger partial charge in [0, 0.05) is 17.3 Å². The van der Waals surface area contributed by atoms with Crippen molar-refractivity contribution in [3.8, 4) is 0 Å². The molecule has 7 nitrogen and oxygen atoms in total. The third-order valence-electron chi connectivity index (χ3n) is 3.18. The average molecular weight is 325 g/mol. The van der Waals surface area contributed by atoms with Crippen molar-refractivity contribution < 1.29 is 19.5 Å².